The quantitative estimate of drug-likeness (QED) is 0.0290. The Hall–Kier alpha value is -5.09. The molecular formula is C37H60N12O4. The monoisotopic (exact) mass is 736 g/mol. The molecule has 0 fully saturated rings. The first kappa shape index (κ1) is 44.1. The van der Waals surface area contributed by atoms with Crippen LogP contribution in [-0.4, -0.2) is 88.5 Å². The van der Waals surface area contributed by atoms with Gasteiger partial charge in [-0.1, -0.05) is 38.2 Å². The summed E-state index contributed by atoms with van der Waals surface area (Å²) in [7, 11) is 3.91. The number of aliphatic imine (C=N–C) groups is 1. The van der Waals surface area contributed by atoms with Gasteiger partial charge in [-0.2, -0.15) is 10.2 Å². The molecule has 0 aliphatic rings. The second kappa shape index (κ2) is 25.8. The highest BCUT2D eigenvalue weighted by Crippen LogP contribution is 2.22. The van der Waals surface area contributed by atoms with E-state index in [1.54, 1.807) is 24.3 Å². The van der Waals surface area contributed by atoms with Crippen molar-refractivity contribution in [2.45, 2.75) is 82.7 Å². The van der Waals surface area contributed by atoms with Crippen molar-refractivity contribution in [2.24, 2.45) is 38.2 Å². The lowest BCUT2D eigenvalue weighted by Crippen LogP contribution is -2.48. The molecule has 0 unspecified atom stereocenters. The predicted octanol–water partition coefficient (Wildman–Crippen LogP) is 2.47. The van der Waals surface area contributed by atoms with Crippen molar-refractivity contribution in [2.75, 3.05) is 51.7 Å². The molecule has 0 aliphatic heterocycles. The zero-order chi connectivity index (χ0) is 38.8. The van der Waals surface area contributed by atoms with Crippen LogP contribution in [0.1, 0.15) is 81.0 Å². The molecule has 4 amide bonds. The van der Waals surface area contributed by atoms with Gasteiger partial charge in [-0.15, -0.1) is 0 Å². The molecule has 292 valence electrons. The lowest BCUT2D eigenvalue weighted by Gasteiger charge is -2.17. The average Bonchev–Trinajstić information content (AvgIpc) is 3.13. The van der Waals surface area contributed by atoms with Crippen molar-refractivity contribution in [3.63, 3.8) is 0 Å². The van der Waals surface area contributed by atoms with Gasteiger partial charge in [-0.25, -0.2) is 0 Å². The number of guanidine groups is 1. The topological polar surface area (TPSA) is 261 Å². The molecule has 0 heterocycles. The standard InChI is InChI=1S/C37H60N12O4/c1-49(2)30-18-16-28(17-19-30)47-48-29-14-10-13-27(25-29)34(51)46-32(26-33(39)50)36(53)44-22-9-7-5-3-4-6-8-20-42-21-12-24-43-35(52)31(38)15-11-23-45-37(40)41/h10,13-14,16-19,25,31-32,42H,3-9,11-12,15,20-24,26,38H2,1-2H3,(H2,39,50)(H,43,52)(H,44,53)(H,46,51)(H4,40,41,45)/t31-,32-/m0/s1. The first-order valence-corrected chi connectivity index (χ1v) is 18.4. The third-order valence-electron chi connectivity index (χ3n) is 8.25. The first-order valence-electron chi connectivity index (χ1n) is 18.4. The van der Waals surface area contributed by atoms with Crippen LogP contribution in [0.15, 0.2) is 63.8 Å². The Labute approximate surface area is 313 Å². The molecule has 0 bridgehead atoms. The second-order valence-electron chi connectivity index (χ2n) is 13.1. The number of hydrogen-bond acceptors (Lipinski definition) is 10. The highest BCUT2D eigenvalue weighted by atomic mass is 16.2. The number of amides is 4. The van der Waals surface area contributed by atoms with E-state index >= 15 is 0 Å². The lowest BCUT2D eigenvalue weighted by atomic mass is 10.1. The van der Waals surface area contributed by atoms with Crippen LogP contribution in [0, 0.1) is 0 Å². The fourth-order valence-electron chi connectivity index (χ4n) is 5.22. The van der Waals surface area contributed by atoms with Crippen LogP contribution in [-0.2, 0) is 14.4 Å². The Bertz CT molecular complexity index is 1460. The SMILES string of the molecule is CN(C)c1ccc(N=Nc2cccc(C(=O)N[C@@H](CC(N)=O)C(=O)NCCCCCCCCCNCCCNC(=O)[C@@H](N)CCCN=C(N)N)c2)cc1. The fraction of sp³-hybridized carbons (Fsp3) is 0.541. The molecule has 2 aromatic rings. The number of nitrogens with zero attached hydrogens (tertiary/aromatic N) is 4. The minimum absolute atomic E-state index is 0.0367. The van der Waals surface area contributed by atoms with E-state index < -0.39 is 29.8 Å². The summed E-state index contributed by atoms with van der Waals surface area (Å²) in [6.45, 7) is 3.22. The van der Waals surface area contributed by atoms with E-state index in [-0.39, 0.29) is 23.9 Å². The summed E-state index contributed by atoms with van der Waals surface area (Å²) in [6.07, 6.45) is 8.92. The van der Waals surface area contributed by atoms with E-state index in [1.165, 1.54) is 0 Å². The van der Waals surface area contributed by atoms with Gasteiger partial charge in [0.05, 0.1) is 23.8 Å². The van der Waals surface area contributed by atoms with E-state index in [4.69, 9.17) is 22.9 Å². The summed E-state index contributed by atoms with van der Waals surface area (Å²) in [6, 6.07) is 12.5. The van der Waals surface area contributed by atoms with Crippen LogP contribution in [0.4, 0.5) is 17.1 Å². The smallest absolute Gasteiger partial charge is 0.252 e. The highest BCUT2D eigenvalue weighted by Gasteiger charge is 2.23. The number of azo groups is 1. The highest BCUT2D eigenvalue weighted by molar-refractivity contribution is 5.99. The number of nitrogens with one attached hydrogen (secondary N) is 4. The van der Waals surface area contributed by atoms with Crippen molar-refractivity contribution in [1.29, 1.82) is 0 Å². The summed E-state index contributed by atoms with van der Waals surface area (Å²) in [4.78, 5) is 55.5. The molecule has 0 spiro atoms. The number of anilines is 1. The van der Waals surface area contributed by atoms with Crippen LogP contribution in [0.3, 0.4) is 0 Å². The molecule has 2 aromatic carbocycles. The first-order chi connectivity index (χ1) is 25.5. The lowest BCUT2D eigenvalue weighted by molar-refractivity contribution is -0.126. The Balaban J connectivity index is 1.57. The van der Waals surface area contributed by atoms with Gasteiger partial charge in [0.25, 0.3) is 5.91 Å². The minimum Gasteiger partial charge on any atom is -0.378 e. The number of rotatable bonds is 27. The Morgan fingerprint density at radius 2 is 1.32 bits per heavy atom. The van der Waals surface area contributed by atoms with Gasteiger partial charge < -0.3 is 49.1 Å². The maximum absolute atomic E-state index is 13.0. The molecule has 12 N–H and O–H groups in total. The maximum atomic E-state index is 13.0. The van der Waals surface area contributed by atoms with Crippen molar-refractivity contribution in [3.8, 4) is 0 Å². The van der Waals surface area contributed by atoms with E-state index in [2.05, 4.69) is 36.5 Å². The number of carbonyl (C=O) groups is 4. The molecular weight excluding hydrogens is 676 g/mol. The van der Waals surface area contributed by atoms with Crippen LogP contribution in [0.25, 0.3) is 0 Å². The van der Waals surface area contributed by atoms with Crippen LogP contribution < -0.4 is 49.1 Å². The number of hydrogen-bond donors (Lipinski definition) is 8. The van der Waals surface area contributed by atoms with E-state index in [0.717, 1.165) is 70.1 Å². The largest absolute Gasteiger partial charge is 0.378 e. The fourth-order valence-corrected chi connectivity index (χ4v) is 5.22. The summed E-state index contributed by atoms with van der Waals surface area (Å²) >= 11 is 0. The number of benzene rings is 2. The molecule has 53 heavy (non-hydrogen) atoms. The summed E-state index contributed by atoms with van der Waals surface area (Å²) in [5.41, 5.74) is 24.3. The van der Waals surface area contributed by atoms with Gasteiger partial charge >= 0.3 is 0 Å². The minimum atomic E-state index is -1.09. The molecule has 16 heteroatoms. The van der Waals surface area contributed by atoms with Gasteiger partial charge in [0.1, 0.15) is 6.04 Å². The van der Waals surface area contributed by atoms with Crippen LogP contribution in [0.2, 0.25) is 0 Å². The van der Waals surface area contributed by atoms with Gasteiger partial charge in [-0.3, -0.25) is 24.2 Å². The molecule has 2 atom stereocenters. The number of primary amides is 1. The van der Waals surface area contributed by atoms with Gasteiger partial charge in [0, 0.05) is 45.0 Å². The zero-order valence-corrected chi connectivity index (χ0v) is 31.3. The van der Waals surface area contributed by atoms with Crippen molar-refractivity contribution in [1.82, 2.24) is 21.3 Å². The van der Waals surface area contributed by atoms with E-state index in [9.17, 15) is 19.2 Å². The number of unbranched alkanes of at least 4 members (excludes halogenated alkanes) is 6. The summed E-state index contributed by atoms with van der Waals surface area (Å²) in [5, 5.41) is 20.2. The third kappa shape index (κ3) is 19.9. The number of nitrogens with two attached hydrogens (primary N) is 4. The summed E-state index contributed by atoms with van der Waals surface area (Å²) < 4.78 is 0. The second-order valence-corrected chi connectivity index (χ2v) is 13.1. The molecule has 0 saturated heterocycles. The zero-order valence-electron chi connectivity index (χ0n) is 31.3. The molecule has 2 rings (SSSR count). The Kier molecular flexibility index (Phi) is 21.5. The summed E-state index contributed by atoms with van der Waals surface area (Å²) in [5.74, 6) is -1.79. The van der Waals surface area contributed by atoms with Crippen molar-refractivity contribution < 1.29 is 19.2 Å². The normalized spacial score (nSPS) is 12.1. The Morgan fingerprint density at radius 1 is 0.717 bits per heavy atom. The van der Waals surface area contributed by atoms with E-state index in [1.807, 2.05) is 43.3 Å². The Morgan fingerprint density at radius 3 is 1.98 bits per heavy atom. The van der Waals surface area contributed by atoms with E-state index in [0.29, 0.717) is 43.9 Å². The molecule has 0 radical (unpaired) electrons. The third-order valence-corrected chi connectivity index (χ3v) is 8.25. The molecule has 16 nitrogen and oxygen atoms in total. The molecule has 0 aliphatic carbocycles. The molecule has 0 saturated carbocycles. The average molecular weight is 737 g/mol. The van der Waals surface area contributed by atoms with Crippen molar-refractivity contribution in [3.05, 3.63) is 54.1 Å². The van der Waals surface area contributed by atoms with Gasteiger partial charge in [0.15, 0.2) is 5.96 Å². The van der Waals surface area contributed by atoms with Gasteiger partial charge in [-0.05, 0) is 87.7 Å². The maximum Gasteiger partial charge on any atom is 0.252 e. The van der Waals surface area contributed by atoms with Crippen LogP contribution >= 0.6 is 0 Å². The molecule has 0 aromatic heterocycles. The van der Waals surface area contributed by atoms with Crippen LogP contribution in [0.5, 0.6) is 0 Å². The van der Waals surface area contributed by atoms with Crippen molar-refractivity contribution >= 4 is 46.7 Å². The number of carbonyl (C=O) groups excluding carboxylic acids is 4. The predicted molar refractivity (Wildman–Crippen MR) is 210 cm³/mol. The van der Waals surface area contributed by atoms with Gasteiger partial charge in [0.2, 0.25) is 17.7 Å².